The van der Waals surface area contributed by atoms with Crippen molar-refractivity contribution in [1.82, 2.24) is 4.98 Å². The van der Waals surface area contributed by atoms with Gasteiger partial charge in [0.05, 0.1) is 17.5 Å². The second kappa shape index (κ2) is 8.18. The summed E-state index contributed by atoms with van der Waals surface area (Å²) in [7, 11) is 0. The molecule has 1 N–H and O–H groups in total. The molecule has 2 aromatic rings. The standard InChI is InChI=1S/C17H19N3OS3/c1-3-13(24-17-18-9-10-22-17)15(21)20-16-19-14(11(2)23-16)12-7-5-4-6-8-12/h4-8,13H,3,9-10H2,1-2H3,(H,19,20,21). The number of rotatable bonds is 5. The number of aryl methyl sites for hydroxylation is 1. The van der Waals surface area contributed by atoms with Gasteiger partial charge in [-0.05, 0) is 13.3 Å². The molecule has 1 aromatic carbocycles. The van der Waals surface area contributed by atoms with Crippen LogP contribution in [0, 0.1) is 6.92 Å². The van der Waals surface area contributed by atoms with Crippen molar-refractivity contribution in [2.45, 2.75) is 25.5 Å². The number of aromatic nitrogens is 1. The van der Waals surface area contributed by atoms with Crippen molar-refractivity contribution in [3.63, 3.8) is 0 Å². The number of anilines is 1. The minimum atomic E-state index is -0.126. The first-order valence-electron chi connectivity index (χ1n) is 7.85. The molecule has 0 spiro atoms. The first-order valence-corrected chi connectivity index (χ1v) is 10.5. The van der Waals surface area contributed by atoms with Crippen LogP contribution < -0.4 is 5.32 Å². The minimum absolute atomic E-state index is 0.00561. The van der Waals surface area contributed by atoms with E-state index in [1.807, 2.05) is 44.2 Å². The fraction of sp³-hybridized carbons (Fsp3) is 0.353. The monoisotopic (exact) mass is 377 g/mol. The summed E-state index contributed by atoms with van der Waals surface area (Å²) in [6.45, 7) is 4.92. The Hall–Kier alpha value is -1.31. The quantitative estimate of drug-likeness (QED) is 0.822. The average molecular weight is 378 g/mol. The number of carbonyl (C=O) groups is 1. The molecule has 0 radical (unpaired) electrons. The Bertz CT molecular complexity index is 743. The summed E-state index contributed by atoms with van der Waals surface area (Å²) in [5.74, 6) is 1.03. The van der Waals surface area contributed by atoms with Crippen LogP contribution in [0.15, 0.2) is 35.3 Å². The lowest BCUT2D eigenvalue weighted by Gasteiger charge is -2.12. The molecule has 1 amide bonds. The normalized spacial score (nSPS) is 15.2. The van der Waals surface area contributed by atoms with Gasteiger partial charge in [-0.25, -0.2) is 4.98 Å². The van der Waals surface area contributed by atoms with Crippen molar-refractivity contribution < 1.29 is 4.79 Å². The molecule has 3 rings (SSSR count). The van der Waals surface area contributed by atoms with Gasteiger partial charge >= 0.3 is 0 Å². The highest BCUT2D eigenvalue weighted by atomic mass is 32.2. The zero-order chi connectivity index (χ0) is 16.9. The summed E-state index contributed by atoms with van der Waals surface area (Å²) >= 11 is 4.82. The molecule has 0 aliphatic carbocycles. The maximum absolute atomic E-state index is 12.6. The average Bonchev–Trinajstić information content (AvgIpc) is 3.23. The van der Waals surface area contributed by atoms with Gasteiger partial charge in [0.2, 0.25) is 5.91 Å². The van der Waals surface area contributed by atoms with E-state index in [4.69, 9.17) is 0 Å². The Morgan fingerprint density at radius 1 is 1.38 bits per heavy atom. The summed E-state index contributed by atoms with van der Waals surface area (Å²) in [6.07, 6.45) is 0.770. The third-order valence-corrected chi connectivity index (χ3v) is 6.99. The molecule has 1 atom stereocenters. The van der Waals surface area contributed by atoms with Gasteiger partial charge in [0.15, 0.2) is 5.13 Å². The number of hydrogen-bond donors (Lipinski definition) is 1. The van der Waals surface area contributed by atoms with Crippen LogP contribution in [-0.2, 0) is 4.79 Å². The summed E-state index contributed by atoms with van der Waals surface area (Å²) in [4.78, 5) is 22.7. The lowest BCUT2D eigenvalue weighted by molar-refractivity contribution is -0.115. The predicted molar refractivity (Wildman–Crippen MR) is 107 cm³/mol. The molecule has 1 aliphatic heterocycles. The van der Waals surface area contributed by atoms with Gasteiger partial charge in [-0.1, -0.05) is 60.8 Å². The largest absolute Gasteiger partial charge is 0.301 e. The highest BCUT2D eigenvalue weighted by molar-refractivity contribution is 8.39. The number of nitrogens with one attached hydrogen (secondary N) is 1. The lowest BCUT2D eigenvalue weighted by Crippen LogP contribution is -2.25. The molecular weight excluding hydrogens is 358 g/mol. The summed E-state index contributed by atoms with van der Waals surface area (Å²) in [5.41, 5.74) is 2.01. The zero-order valence-electron chi connectivity index (χ0n) is 13.6. The molecule has 0 fully saturated rings. The number of hydrogen-bond acceptors (Lipinski definition) is 6. The maximum atomic E-state index is 12.6. The summed E-state index contributed by atoms with van der Waals surface area (Å²) < 4.78 is 1.03. The van der Waals surface area contributed by atoms with Gasteiger partial charge in [-0.3, -0.25) is 9.79 Å². The first kappa shape index (κ1) is 17.5. The van der Waals surface area contributed by atoms with E-state index < -0.39 is 0 Å². The molecule has 1 aliphatic rings. The predicted octanol–water partition coefficient (Wildman–Crippen LogP) is 4.67. The van der Waals surface area contributed by atoms with Crippen molar-refractivity contribution in [1.29, 1.82) is 0 Å². The molecule has 0 saturated heterocycles. The Kier molecular flexibility index (Phi) is 5.97. The summed E-state index contributed by atoms with van der Waals surface area (Å²) in [6, 6.07) is 10.1. The van der Waals surface area contributed by atoms with E-state index in [-0.39, 0.29) is 11.2 Å². The third-order valence-electron chi connectivity index (χ3n) is 3.54. The van der Waals surface area contributed by atoms with Gasteiger partial charge in [0.1, 0.15) is 4.38 Å². The molecule has 1 aromatic heterocycles. The van der Waals surface area contributed by atoms with Crippen molar-refractivity contribution in [2.24, 2.45) is 4.99 Å². The second-order valence-electron chi connectivity index (χ2n) is 5.29. The van der Waals surface area contributed by atoms with Crippen LogP contribution in [0.1, 0.15) is 18.2 Å². The number of amides is 1. The van der Waals surface area contributed by atoms with Crippen LogP contribution >= 0.6 is 34.9 Å². The fourth-order valence-electron chi connectivity index (χ4n) is 2.33. The van der Waals surface area contributed by atoms with Gasteiger partial charge in [-0.2, -0.15) is 0 Å². The topological polar surface area (TPSA) is 54.4 Å². The zero-order valence-corrected chi connectivity index (χ0v) is 16.1. The van der Waals surface area contributed by atoms with Crippen molar-refractivity contribution in [2.75, 3.05) is 17.6 Å². The molecule has 0 saturated carbocycles. The van der Waals surface area contributed by atoms with E-state index in [2.05, 4.69) is 15.3 Å². The van der Waals surface area contributed by atoms with Gasteiger partial charge in [-0.15, -0.1) is 11.3 Å². The third kappa shape index (κ3) is 4.20. The SMILES string of the molecule is CCC(SC1=NCCS1)C(=O)Nc1nc(-c2ccccc2)c(C)s1. The Balaban J connectivity index is 1.70. The van der Waals surface area contributed by atoms with E-state index in [1.54, 1.807) is 23.5 Å². The van der Waals surface area contributed by atoms with E-state index in [0.29, 0.717) is 5.13 Å². The van der Waals surface area contributed by atoms with Crippen molar-refractivity contribution >= 4 is 50.3 Å². The Morgan fingerprint density at radius 2 is 2.17 bits per heavy atom. The van der Waals surface area contributed by atoms with E-state index in [1.165, 1.54) is 11.3 Å². The lowest BCUT2D eigenvalue weighted by atomic mass is 10.1. The summed E-state index contributed by atoms with van der Waals surface area (Å²) in [5, 5.41) is 3.52. The fourth-order valence-corrected chi connectivity index (χ4v) is 5.32. The molecule has 1 unspecified atom stereocenters. The first-order chi connectivity index (χ1) is 11.7. The maximum Gasteiger partial charge on any atom is 0.239 e. The van der Waals surface area contributed by atoms with Gasteiger partial charge in [0.25, 0.3) is 0 Å². The van der Waals surface area contributed by atoms with Gasteiger partial charge < -0.3 is 5.32 Å². The Morgan fingerprint density at radius 3 is 2.83 bits per heavy atom. The number of aliphatic imine (C=N–C) groups is 1. The molecule has 2 heterocycles. The van der Waals surface area contributed by atoms with Crippen LogP contribution in [0.3, 0.4) is 0 Å². The van der Waals surface area contributed by atoms with Crippen LogP contribution in [-0.4, -0.2) is 32.8 Å². The molecule has 7 heteroatoms. The molecular formula is C17H19N3OS3. The number of nitrogens with zero attached hydrogens (tertiary/aromatic N) is 2. The molecule has 126 valence electrons. The highest BCUT2D eigenvalue weighted by Gasteiger charge is 2.23. The highest BCUT2D eigenvalue weighted by Crippen LogP contribution is 2.32. The van der Waals surface area contributed by atoms with E-state index >= 15 is 0 Å². The van der Waals surface area contributed by atoms with E-state index in [0.717, 1.165) is 39.2 Å². The smallest absolute Gasteiger partial charge is 0.239 e. The van der Waals surface area contributed by atoms with Gasteiger partial charge in [0, 0.05) is 16.2 Å². The number of benzene rings is 1. The Labute approximate surface area is 154 Å². The number of carbonyl (C=O) groups excluding carboxylic acids is 1. The number of thiazole rings is 1. The molecule has 0 bridgehead atoms. The van der Waals surface area contributed by atoms with Crippen LogP contribution in [0.2, 0.25) is 0 Å². The van der Waals surface area contributed by atoms with Crippen LogP contribution in [0.5, 0.6) is 0 Å². The van der Waals surface area contributed by atoms with Crippen molar-refractivity contribution in [3.8, 4) is 11.3 Å². The van der Waals surface area contributed by atoms with Crippen molar-refractivity contribution in [3.05, 3.63) is 35.2 Å². The second-order valence-corrected chi connectivity index (χ2v) is 9.03. The van der Waals surface area contributed by atoms with Crippen LogP contribution in [0.4, 0.5) is 5.13 Å². The van der Waals surface area contributed by atoms with E-state index in [9.17, 15) is 4.79 Å². The van der Waals surface area contributed by atoms with Crippen LogP contribution in [0.25, 0.3) is 11.3 Å². The molecule has 24 heavy (non-hydrogen) atoms. The molecule has 4 nitrogen and oxygen atoms in total. The minimum Gasteiger partial charge on any atom is -0.301 e. The number of thioether (sulfide) groups is 2.